The lowest BCUT2D eigenvalue weighted by atomic mass is 10.2. The normalized spacial score (nSPS) is 11.8. The van der Waals surface area contributed by atoms with Crippen molar-refractivity contribution in [3.8, 4) is 0 Å². The number of benzene rings is 1. The highest BCUT2D eigenvalue weighted by molar-refractivity contribution is 6.67. The molecule has 0 unspecified atom stereocenters. The van der Waals surface area contributed by atoms with Crippen LogP contribution in [0.25, 0.3) is 11.0 Å². The summed E-state index contributed by atoms with van der Waals surface area (Å²) < 4.78 is 39.9. The summed E-state index contributed by atoms with van der Waals surface area (Å²) in [7, 11) is 0. The van der Waals surface area contributed by atoms with E-state index < -0.39 is 23.3 Å². The van der Waals surface area contributed by atoms with Gasteiger partial charge in [0.05, 0.1) is 11.0 Å². The van der Waals surface area contributed by atoms with Crippen molar-refractivity contribution in [3.63, 3.8) is 0 Å². The monoisotopic (exact) mass is 326 g/mol. The molecule has 0 saturated carbocycles. The molecular weight excluding hydrogens is 316 g/mol. The topological polar surface area (TPSA) is 34.9 Å². The number of halogens is 5. The smallest absolute Gasteiger partial charge is 0.318 e. The van der Waals surface area contributed by atoms with Gasteiger partial charge in [-0.1, -0.05) is 0 Å². The largest absolute Gasteiger partial charge is 0.449 e. The summed E-state index contributed by atoms with van der Waals surface area (Å²) in [6.07, 6.45) is -4.55. The lowest BCUT2D eigenvalue weighted by Gasteiger charge is -2.14. The zero-order chi connectivity index (χ0) is 14.4. The first-order valence-corrected chi connectivity index (χ1v) is 5.88. The molecule has 0 bridgehead atoms. The van der Waals surface area contributed by atoms with Gasteiger partial charge < -0.3 is 4.57 Å². The Balaban J connectivity index is 0.00000200. The van der Waals surface area contributed by atoms with Crippen molar-refractivity contribution in [3.05, 3.63) is 29.6 Å². The van der Waals surface area contributed by atoms with E-state index in [-0.39, 0.29) is 23.5 Å². The Kier molecular flexibility index (Phi) is 4.71. The van der Waals surface area contributed by atoms with Gasteiger partial charge in [0.15, 0.2) is 0 Å². The summed E-state index contributed by atoms with van der Waals surface area (Å²) >= 11 is 5.31. The van der Waals surface area contributed by atoms with E-state index in [2.05, 4.69) is 4.98 Å². The summed E-state index contributed by atoms with van der Waals surface area (Å²) in [6.45, 7) is 3.27. The summed E-state index contributed by atoms with van der Waals surface area (Å²) in [5, 5.41) is -0.727. The summed E-state index contributed by atoms with van der Waals surface area (Å²) in [4.78, 5) is 14.6. The van der Waals surface area contributed by atoms with Gasteiger partial charge in [-0.05, 0) is 43.6 Å². The number of carbonyl (C=O) groups is 1. The van der Waals surface area contributed by atoms with Crippen LogP contribution in [0, 0.1) is 0 Å². The Morgan fingerprint density at radius 2 is 1.95 bits per heavy atom. The molecule has 0 spiro atoms. The van der Waals surface area contributed by atoms with Crippen molar-refractivity contribution in [2.24, 2.45) is 0 Å². The molecule has 0 atom stereocenters. The minimum absolute atomic E-state index is 0. The zero-order valence-corrected chi connectivity index (χ0v) is 12.1. The second kappa shape index (κ2) is 5.61. The van der Waals surface area contributed by atoms with Crippen molar-refractivity contribution in [1.82, 2.24) is 9.55 Å². The number of alkyl halides is 3. The molecule has 3 nitrogen and oxygen atoms in total. The van der Waals surface area contributed by atoms with Crippen LogP contribution in [0.2, 0.25) is 0 Å². The number of imidazole rings is 1. The number of hydrogen-bond donors (Lipinski definition) is 0. The summed E-state index contributed by atoms with van der Waals surface area (Å²) in [5.74, 6) is -0.975. The van der Waals surface area contributed by atoms with E-state index in [1.807, 2.05) is 0 Å². The molecule has 0 radical (unpaired) electrons. The predicted molar refractivity (Wildman–Crippen MR) is 72.6 cm³/mol. The Morgan fingerprint density at radius 1 is 1.35 bits per heavy atom. The van der Waals surface area contributed by atoms with E-state index in [4.69, 9.17) is 11.6 Å². The molecule has 0 N–H and O–H groups in total. The van der Waals surface area contributed by atoms with Crippen LogP contribution in [0.4, 0.5) is 13.2 Å². The van der Waals surface area contributed by atoms with Gasteiger partial charge in [-0.15, -0.1) is 12.4 Å². The molecule has 8 heteroatoms. The fraction of sp³-hybridized carbons (Fsp3) is 0.333. The van der Waals surface area contributed by atoms with E-state index in [9.17, 15) is 18.0 Å². The van der Waals surface area contributed by atoms with Crippen molar-refractivity contribution in [1.29, 1.82) is 0 Å². The van der Waals surface area contributed by atoms with Gasteiger partial charge in [-0.2, -0.15) is 13.2 Å². The van der Waals surface area contributed by atoms with Crippen LogP contribution in [0.1, 0.15) is 36.1 Å². The van der Waals surface area contributed by atoms with Crippen LogP contribution < -0.4 is 0 Å². The highest BCUT2D eigenvalue weighted by atomic mass is 35.5. The van der Waals surface area contributed by atoms with E-state index in [0.29, 0.717) is 5.52 Å². The fourth-order valence-electron chi connectivity index (χ4n) is 1.94. The van der Waals surface area contributed by atoms with E-state index in [0.717, 1.165) is 4.57 Å². The lowest BCUT2D eigenvalue weighted by molar-refractivity contribution is -0.147. The van der Waals surface area contributed by atoms with Gasteiger partial charge in [0.1, 0.15) is 0 Å². The quantitative estimate of drug-likeness (QED) is 0.765. The maximum absolute atomic E-state index is 12.9. The van der Waals surface area contributed by atoms with Crippen LogP contribution in [0.15, 0.2) is 18.2 Å². The molecule has 110 valence electrons. The van der Waals surface area contributed by atoms with Crippen molar-refractivity contribution in [2.45, 2.75) is 26.1 Å². The first-order chi connectivity index (χ1) is 8.71. The Bertz CT molecular complexity index is 650. The third-order valence-electron chi connectivity index (χ3n) is 2.69. The number of hydrogen-bond acceptors (Lipinski definition) is 2. The summed E-state index contributed by atoms with van der Waals surface area (Å²) in [6, 6.07) is 3.67. The third kappa shape index (κ3) is 2.91. The minimum Gasteiger partial charge on any atom is -0.318 e. The predicted octanol–water partition coefficient (Wildman–Crippen LogP) is 4.44. The SMILES string of the molecule is CC(C)n1c(C(F)(F)F)nc2cc(C(=O)Cl)ccc21.Cl. The number of nitrogens with zero attached hydrogens (tertiary/aromatic N) is 2. The Morgan fingerprint density at radius 3 is 2.40 bits per heavy atom. The highest BCUT2D eigenvalue weighted by Crippen LogP contribution is 2.33. The maximum Gasteiger partial charge on any atom is 0.449 e. The second-order valence-electron chi connectivity index (χ2n) is 4.37. The third-order valence-corrected chi connectivity index (χ3v) is 2.90. The molecule has 0 aliphatic heterocycles. The molecule has 0 saturated heterocycles. The number of fused-ring (bicyclic) bond motifs is 1. The lowest BCUT2D eigenvalue weighted by Crippen LogP contribution is -2.16. The van der Waals surface area contributed by atoms with Crippen molar-refractivity contribution < 1.29 is 18.0 Å². The van der Waals surface area contributed by atoms with Gasteiger partial charge in [-0.25, -0.2) is 4.98 Å². The fourth-order valence-corrected chi connectivity index (χ4v) is 2.06. The standard InChI is InChI=1S/C12H10ClF3N2O.ClH/c1-6(2)18-9-4-3-7(10(13)19)5-8(9)17-11(18)12(14,15)16;/h3-6H,1-2H3;1H. The first kappa shape index (κ1) is 16.8. The van der Waals surface area contributed by atoms with Gasteiger partial charge in [-0.3, -0.25) is 4.79 Å². The van der Waals surface area contributed by atoms with Crippen LogP contribution in [0.3, 0.4) is 0 Å². The van der Waals surface area contributed by atoms with E-state index in [1.54, 1.807) is 13.8 Å². The molecule has 1 aromatic carbocycles. The van der Waals surface area contributed by atoms with Crippen LogP contribution >= 0.6 is 24.0 Å². The van der Waals surface area contributed by atoms with Gasteiger partial charge >= 0.3 is 6.18 Å². The zero-order valence-electron chi connectivity index (χ0n) is 10.5. The molecule has 0 aliphatic rings. The second-order valence-corrected chi connectivity index (χ2v) is 4.72. The van der Waals surface area contributed by atoms with Gasteiger partial charge in [0.2, 0.25) is 5.82 Å². The van der Waals surface area contributed by atoms with Crippen molar-refractivity contribution in [2.75, 3.05) is 0 Å². The Labute approximate surface area is 124 Å². The average molecular weight is 327 g/mol. The van der Waals surface area contributed by atoms with Crippen LogP contribution in [-0.2, 0) is 6.18 Å². The molecule has 20 heavy (non-hydrogen) atoms. The average Bonchev–Trinajstić information content (AvgIpc) is 2.66. The highest BCUT2D eigenvalue weighted by Gasteiger charge is 2.38. The molecule has 2 aromatic rings. The number of aromatic nitrogens is 2. The molecule has 2 rings (SSSR count). The number of carbonyl (C=O) groups excluding carboxylic acids is 1. The molecule has 0 fully saturated rings. The molecule has 1 aromatic heterocycles. The van der Waals surface area contributed by atoms with E-state index in [1.165, 1.54) is 18.2 Å². The van der Waals surface area contributed by atoms with Crippen LogP contribution in [-0.4, -0.2) is 14.8 Å². The molecular formula is C12H11Cl2F3N2O. The first-order valence-electron chi connectivity index (χ1n) is 5.51. The van der Waals surface area contributed by atoms with Crippen LogP contribution in [0.5, 0.6) is 0 Å². The molecule has 0 aliphatic carbocycles. The van der Waals surface area contributed by atoms with Gasteiger partial charge in [0, 0.05) is 11.6 Å². The van der Waals surface area contributed by atoms with Gasteiger partial charge in [0.25, 0.3) is 5.24 Å². The molecule has 1 heterocycles. The minimum atomic E-state index is -4.55. The Hall–Kier alpha value is -1.27. The molecule has 0 amide bonds. The maximum atomic E-state index is 12.9. The summed E-state index contributed by atoms with van der Waals surface area (Å²) in [5.41, 5.74) is 0.549. The number of rotatable bonds is 2. The van der Waals surface area contributed by atoms with E-state index >= 15 is 0 Å². The van der Waals surface area contributed by atoms with Crippen molar-refractivity contribution >= 4 is 40.3 Å².